The Labute approximate surface area is 121 Å². The number of rotatable bonds is 6. The number of nitrogen functional groups attached to an aromatic ring is 1. The molecule has 0 amide bonds. The lowest BCUT2D eigenvalue weighted by Crippen LogP contribution is -2.23. The maximum absolute atomic E-state index is 13.3. The molecule has 0 fully saturated rings. The Bertz CT molecular complexity index is 671. The van der Waals surface area contributed by atoms with Crippen molar-refractivity contribution in [2.45, 2.75) is 26.3 Å². The number of hydrogen-bond acceptors (Lipinski definition) is 5. The summed E-state index contributed by atoms with van der Waals surface area (Å²) in [6.45, 7) is 3.02. The summed E-state index contributed by atoms with van der Waals surface area (Å²) in [4.78, 5) is 19.8. The SMILES string of the molecule is CCCCNc1nc(N)ncc1Cn1cccc(F)c1=O. The predicted molar refractivity (Wildman–Crippen MR) is 79.6 cm³/mol. The lowest BCUT2D eigenvalue weighted by Gasteiger charge is -2.12. The molecule has 3 N–H and O–H groups in total. The van der Waals surface area contributed by atoms with Crippen molar-refractivity contribution >= 4 is 11.8 Å². The highest BCUT2D eigenvalue weighted by atomic mass is 19.1. The summed E-state index contributed by atoms with van der Waals surface area (Å²) in [6, 6.07) is 2.62. The third kappa shape index (κ3) is 3.77. The maximum Gasteiger partial charge on any atom is 0.286 e. The average Bonchev–Trinajstić information content (AvgIpc) is 2.46. The van der Waals surface area contributed by atoms with E-state index in [0.717, 1.165) is 25.5 Å². The first-order chi connectivity index (χ1) is 10.1. The van der Waals surface area contributed by atoms with E-state index in [4.69, 9.17) is 5.73 Å². The van der Waals surface area contributed by atoms with Gasteiger partial charge in [0.2, 0.25) is 5.95 Å². The van der Waals surface area contributed by atoms with Crippen molar-refractivity contribution in [3.63, 3.8) is 0 Å². The minimum Gasteiger partial charge on any atom is -0.370 e. The topological polar surface area (TPSA) is 85.8 Å². The molecule has 0 aromatic carbocycles. The number of nitrogens with two attached hydrogens (primary N) is 1. The Balaban J connectivity index is 2.26. The molecule has 0 unspecified atom stereocenters. The van der Waals surface area contributed by atoms with E-state index in [0.29, 0.717) is 11.4 Å². The van der Waals surface area contributed by atoms with E-state index < -0.39 is 11.4 Å². The van der Waals surface area contributed by atoms with Crippen LogP contribution in [0.5, 0.6) is 0 Å². The molecule has 0 aliphatic heterocycles. The fourth-order valence-corrected chi connectivity index (χ4v) is 1.89. The van der Waals surface area contributed by atoms with Gasteiger partial charge < -0.3 is 15.6 Å². The van der Waals surface area contributed by atoms with Gasteiger partial charge in [0.1, 0.15) is 5.82 Å². The molecule has 0 radical (unpaired) electrons. The van der Waals surface area contributed by atoms with Crippen LogP contribution in [0, 0.1) is 5.82 Å². The van der Waals surface area contributed by atoms with E-state index in [2.05, 4.69) is 22.2 Å². The molecular formula is C14H18FN5O. The average molecular weight is 291 g/mol. The van der Waals surface area contributed by atoms with Gasteiger partial charge in [-0.25, -0.2) is 9.37 Å². The highest BCUT2D eigenvalue weighted by Crippen LogP contribution is 2.14. The minimum absolute atomic E-state index is 0.157. The standard InChI is InChI=1S/C14H18FN5O/c1-2-3-6-17-12-10(8-18-14(16)19-12)9-20-7-4-5-11(15)13(20)21/h4-5,7-8H,2-3,6,9H2,1H3,(H3,16,17,18,19). The van der Waals surface area contributed by atoms with E-state index >= 15 is 0 Å². The summed E-state index contributed by atoms with van der Waals surface area (Å²) in [6.07, 6.45) is 5.11. The molecule has 7 heteroatoms. The zero-order valence-electron chi connectivity index (χ0n) is 11.8. The monoisotopic (exact) mass is 291 g/mol. The van der Waals surface area contributed by atoms with Crippen LogP contribution in [0.2, 0.25) is 0 Å². The van der Waals surface area contributed by atoms with Gasteiger partial charge in [-0.3, -0.25) is 4.79 Å². The van der Waals surface area contributed by atoms with Crippen molar-refractivity contribution in [1.29, 1.82) is 0 Å². The summed E-state index contributed by atoms with van der Waals surface area (Å²) in [5.74, 6) is -0.0502. The number of hydrogen-bond donors (Lipinski definition) is 2. The Morgan fingerprint density at radius 2 is 2.29 bits per heavy atom. The first-order valence-electron chi connectivity index (χ1n) is 6.82. The molecule has 0 saturated heterocycles. The van der Waals surface area contributed by atoms with Crippen LogP contribution < -0.4 is 16.6 Å². The summed E-state index contributed by atoms with van der Waals surface area (Å²) in [7, 11) is 0. The number of unbranched alkanes of at least 4 members (excludes halogenated alkanes) is 1. The van der Waals surface area contributed by atoms with Gasteiger partial charge in [-0.1, -0.05) is 13.3 Å². The van der Waals surface area contributed by atoms with Crippen LogP contribution in [0.3, 0.4) is 0 Å². The van der Waals surface area contributed by atoms with Crippen LogP contribution >= 0.6 is 0 Å². The zero-order valence-corrected chi connectivity index (χ0v) is 11.8. The first kappa shape index (κ1) is 15.0. The molecule has 0 spiro atoms. The van der Waals surface area contributed by atoms with Gasteiger partial charge in [0.15, 0.2) is 5.82 Å². The molecule has 2 rings (SSSR count). The van der Waals surface area contributed by atoms with Crippen LogP contribution in [-0.2, 0) is 6.54 Å². The van der Waals surface area contributed by atoms with Gasteiger partial charge in [-0.15, -0.1) is 0 Å². The Hall–Kier alpha value is -2.44. The van der Waals surface area contributed by atoms with Crippen molar-refractivity contribution in [1.82, 2.24) is 14.5 Å². The summed E-state index contributed by atoms with van der Waals surface area (Å²) < 4.78 is 14.6. The lowest BCUT2D eigenvalue weighted by molar-refractivity contribution is 0.580. The molecular weight excluding hydrogens is 273 g/mol. The van der Waals surface area contributed by atoms with Gasteiger partial charge >= 0.3 is 0 Å². The number of anilines is 2. The fourth-order valence-electron chi connectivity index (χ4n) is 1.89. The molecule has 2 heterocycles. The summed E-state index contributed by atoms with van der Waals surface area (Å²) in [5.41, 5.74) is 5.60. The van der Waals surface area contributed by atoms with E-state index in [-0.39, 0.29) is 12.5 Å². The fraction of sp³-hybridized carbons (Fsp3) is 0.357. The zero-order chi connectivity index (χ0) is 15.2. The van der Waals surface area contributed by atoms with E-state index in [1.807, 2.05) is 0 Å². The largest absolute Gasteiger partial charge is 0.370 e. The highest BCUT2D eigenvalue weighted by molar-refractivity contribution is 5.46. The molecule has 0 saturated carbocycles. The second-order valence-corrected chi connectivity index (χ2v) is 4.67. The van der Waals surface area contributed by atoms with Gasteiger partial charge in [0.05, 0.1) is 6.54 Å². The molecule has 21 heavy (non-hydrogen) atoms. The Kier molecular flexibility index (Phi) is 4.86. The highest BCUT2D eigenvalue weighted by Gasteiger charge is 2.09. The molecule has 6 nitrogen and oxygen atoms in total. The van der Waals surface area contributed by atoms with Gasteiger partial charge in [0, 0.05) is 24.5 Å². The van der Waals surface area contributed by atoms with Gasteiger partial charge in [-0.05, 0) is 18.6 Å². The Morgan fingerprint density at radius 3 is 3.05 bits per heavy atom. The molecule has 0 aliphatic carbocycles. The van der Waals surface area contributed by atoms with E-state index in [1.54, 1.807) is 6.20 Å². The minimum atomic E-state index is -0.783. The number of nitrogens with one attached hydrogen (secondary N) is 1. The van der Waals surface area contributed by atoms with Crippen LogP contribution in [0.15, 0.2) is 29.3 Å². The number of nitrogens with zero attached hydrogens (tertiary/aromatic N) is 3. The van der Waals surface area contributed by atoms with Crippen LogP contribution in [0.4, 0.5) is 16.2 Å². The molecule has 0 aliphatic rings. The van der Waals surface area contributed by atoms with Crippen LogP contribution in [-0.4, -0.2) is 21.1 Å². The molecule has 2 aromatic heterocycles. The van der Waals surface area contributed by atoms with Crippen molar-refractivity contribution < 1.29 is 4.39 Å². The molecule has 0 atom stereocenters. The van der Waals surface area contributed by atoms with Gasteiger partial charge in [0.25, 0.3) is 5.56 Å². The van der Waals surface area contributed by atoms with Crippen molar-refractivity contribution in [2.24, 2.45) is 0 Å². The third-order valence-corrected chi connectivity index (χ3v) is 3.02. The summed E-state index contributed by atoms with van der Waals surface area (Å²) in [5, 5.41) is 3.17. The number of aromatic nitrogens is 3. The molecule has 2 aromatic rings. The van der Waals surface area contributed by atoms with E-state index in [9.17, 15) is 9.18 Å². The van der Waals surface area contributed by atoms with Crippen molar-refractivity contribution in [2.75, 3.05) is 17.6 Å². The summed E-state index contributed by atoms with van der Waals surface area (Å²) >= 11 is 0. The number of pyridine rings is 1. The quantitative estimate of drug-likeness (QED) is 0.790. The van der Waals surface area contributed by atoms with E-state index in [1.165, 1.54) is 16.8 Å². The Morgan fingerprint density at radius 1 is 1.48 bits per heavy atom. The smallest absolute Gasteiger partial charge is 0.286 e. The second-order valence-electron chi connectivity index (χ2n) is 4.67. The first-order valence-corrected chi connectivity index (χ1v) is 6.82. The lowest BCUT2D eigenvalue weighted by atomic mass is 10.2. The van der Waals surface area contributed by atoms with Crippen molar-refractivity contribution in [3.05, 3.63) is 46.3 Å². The second kappa shape index (κ2) is 6.83. The number of halogens is 1. The van der Waals surface area contributed by atoms with Crippen LogP contribution in [0.25, 0.3) is 0 Å². The normalized spacial score (nSPS) is 10.6. The maximum atomic E-state index is 13.3. The van der Waals surface area contributed by atoms with Gasteiger partial charge in [-0.2, -0.15) is 4.98 Å². The predicted octanol–water partition coefficient (Wildman–Crippen LogP) is 1.62. The molecule has 112 valence electrons. The van der Waals surface area contributed by atoms with Crippen LogP contribution in [0.1, 0.15) is 25.3 Å². The third-order valence-electron chi connectivity index (χ3n) is 3.02. The molecule has 0 bridgehead atoms. The van der Waals surface area contributed by atoms with Crippen molar-refractivity contribution in [3.8, 4) is 0 Å².